The fourth-order valence-corrected chi connectivity index (χ4v) is 1.00. The number of aldehydes is 1. The predicted molar refractivity (Wildman–Crippen MR) is 46.0 cm³/mol. The number of rotatable bonds is 1. The number of aryl methyl sites for hydroxylation is 3. The smallest absolute Gasteiger partial charge is 0.150 e. The maximum absolute atomic E-state index is 10.8. The molecule has 0 bridgehead atoms. The Bertz CT molecular complexity index is 311. The lowest BCUT2D eigenvalue weighted by atomic mass is 10.0. The van der Waals surface area contributed by atoms with E-state index in [1.54, 1.807) is 12.1 Å². The average Bonchev–Trinajstić information content (AvgIpc) is 2.26. The molecule has 0 fully saturated rings. The minimum Gasteiger partial charge on any atom is -0.298 e. The second-order valence-corrected chi connectivity index (χ2v) is 2.45. The summed E-state index contributed by atoms with van der Waals surface area (Å²) in [6.45, 7) is 0.170. The molecule has 0 aromatic heterocycles. The normalized spacial score (nSPS) is 13.3. The van der Waals surface area contributed by atoms with Crippen LogP contribution in [0.3, 0.4) is 0 Å². The third-order valence-electron chi connectivity index (χ3n) is 1.53. The van der Waals surface area contributed by atoms with Crippen LogP contribution in [-0.4, -0.2) is 6.29 Å². The van der Waals surface area contributed by atoms with E-state index in [4.69, 9.17) is 4.11 Å². The van der Waals surface area contributed by atoms with Crippen LogP contribution in [0.25, 0.3) is 0 Å². The zero-order chi connectivity index (χ0) is 10.6. The number of carbonyl (C=O) groups excluding carboxylic acids is 1. The van der Waals surface area contributed by atoms with E-state index in [1.807, 2.05) is 0 Å². The van der Waals surface area contributed by atoms with E-state index in [-0.39, 0.29) is 20.7 Å². The Balaban J connectivity index is 3.31. The molecule has 0 spiro atoms. The van der Waals surface area contributed by atoms with Gasteiger partial charge in [-0.2, -0.15) is 0 Å². The van der Waals surface area contributed by atoms with Crippen LogP contribution >= 0.6 is 0 Å². The minimum absolute atomic E-state index is 0.0227. The van der Waals surface area contributed by atoms with Crippen molar-refractivity contribution in [1.82, 2.24) is 0 Å². The summed E-state index contributed by atoms with van der Waals surface area (Å²) in [5.41, 5.74) is 2.45. The summed E-state index contributed by atoms with van der Waals surface area (Å²) in [5, 5.41) is 0. The number of hydrogen-bond donors (Lipinski definition) is 0. The highest BCUT2D eigenvalue weighted by atomic mass is 16.1. The maximum atomic E-state index is 10.8. The van der Waals surface area contributed by atoms with Crippen molar-refractivity contribution in [3.63, 3.8) is 0 Å². The van der Waals surface area contributed by atoms with Gasteiger partial charge in [-0.3, -0.25) is 4.79 Å². The van der Waals surface area contributed by atoms with Crippen LogP contribution in [0.5, 0.6) is 0 Å². The highest BCUT2D eigenvalue weighted by molar-refractivity contribution is 5.79. The Labute approximate surface area is 71.3 Å². The third kappa shape index (κ3) is 1.48. The highest BCUT2D eigenvalue weighted by Gasteiger charge is 2.00. The number of hydrogen-bond acceptors (Lipinski definition) is 1. The molecule has 0 radical (unpaired) electrons. The Kier molecular flexibility index (Phi) is 1.23. The first-order valence-corrected chi connectivity index (χ1v) is 3.24. The van der Waals surface area contributed by atoms with E-state index in [0.29, 0.717) is 23.0 Å². The van der Waals surface area contributed by atoms with E-state index >= 15 is 0 Å². The molecule has 1 rings (SSSR count). The largest absolute Gasteiger partial charge is 0.298 e. The number of carbonyl (C=O) groups is 1. The van der Waals surface area contributed by atoms with Gasteiger partial charge in [0.05, 0.1) is 0 Å². The molecule has 1 heteroatoms. The van der Waals surface area contributed by atoms with E-state index in [9.17, 15) is 4.79 Å². The molecule has 1 aromatic rings. The van der Waals surface area contributed by atoms with Gasteiger partial charge >= 0.3 is 0 Å². The Morgan fingerprint density at radius 2 is 1.91 bits per heavy atom. The zero-order valence-electron chi connectivity index (χ0n) is 9.26. The van der Waals surface area contributed by atoms with Crippen molar-refractivity contribution in [1.29, 1.82) is 0 Å². The molecule has 0 N–H and O–H groups in total. The van der Waals surface area contributed by atoms with Crippen LogP contribution < -0.4 is 0 Å². The average molecular weight is 151 g/mol. The first kappa shape index (κ1) is 4.70. The monoisotopic (exact) mass is 151 g/mol. The number of benzene rings is 1. The second-order valence-electron chi connectivity index (χ2n) is 2.45. The van der Waals surface area contributed by atoms with E-state index < -0.39 is 0 Å². The van der Waals surface area contributed by atoms with Gasteiger partial charge in [-0.15, -0.1) is 0 Å². The lowest BCUT2D eigenvalue weighted by Gasteiger charge is -2.03. The molecule has 0 unspecified atom stereocenters. The summed E-state index contributed by atoms with van der Waals surface area (Å²) in [4.78, 5) is 10.8. The Morgan fingerprint density at radius 1 is 1.27 bits per heavy atom. The van der Waals surface area contributed by atoms with E-state index in [0.717, 1.165) is 5.56 Å². The van der Waals surface area contributed by atoms with Crippen LogP contribution in [0, 0.1) is 20.7 Å². The lowest BCUT2D eigenvalue weighted by molar-refractivity contribution is 0.112. The van der Waals surface area contributed by atoms with Crippen molar-refractivity contribution in [2.75, 3.05) is 0 Å². The molecule has 0 heterocycles. The maximum Gasteiger partial charge on any atom is 0.150 e. The summed E-state index contributed by atoms with van der Waals surface area (Å²) < 4.78 is 21.7. The van der Waals surface area contributed by atoms with E-state index in [1.165, 1.54) is 0 Å². The standard InChI is InChI=1S/C10H12O/c1-7-4-8(2)10(6-11)9(3)5-7/h4-6H,1-3H3/i1D,2D,3D. The minimum atomic E-state index is 0.0227. The van der Waals surface area contributed by atoms with Crippen molar-refractivity contribution >= 4 is 6.29 Å². The van der Waals surface area contributed by atoms with Crippen LogP contribution in [0.15, 0.2) is 12.1 Å². The van der Waals surface area contributed by atoms with Gasteiger partial charge in [0.1, 0.15) is 0 Å². The molecular formula is C10H12O. The molecular weight excluding hydrogens is 136 g/mol. The van der Waals surface area contributed by atoms with Gasteiger partial charge in [0.2, 0.25) is 0 Å². The second kappa shape index (κ2) is 2.87. The highest BCUT2D eigenvalue weighted by Crippen LogP contribution is 2.13. The summed E-state index contributed by atoms with van der Waals surface area (Å²) in [7, 11) is 0. The molecule has 0 aliphatic carbocycles. The Hall–Kier alpha value is -1.11. The summed E-state index contributed by atoms with van der Waals surface area (Å²) in [5.74, 6) is 0. The molecule has 0 aliphatic rings. The predicted octanol–water partition coefficient (Wildman–Crippen LogP) is 2.42. The quantitative estimate of drug-likeness (QED) is 0.563. The molecule has 1 nitrogen and oxygen atoms in total. The van der Waals surface area contributed by atoms with E-state index in [2.05, 4.69) is 0 Å². The third-order valence-corrected chi connectivity index (χ3v) is 1.53. The van der Waals surface area contributed by atoms with Gasteiger partial charge in [0.25, 0.3) is 0 Å². The topological polar surface area (TPSA) is 17.1 Å². The van der Waals surface area contributed by atoms with Gasteiger partial charge in [0.15, 0.2) is 6.29 Å². The van der Waals surface area contributed by atoms with Gasteiger partial charge in [0, 0.05) is 9.68 Å². The van der Waals surface area contributed by atoms with Crippen molar-refractivity contribution < 1.29 is 8.91 Å². The SMILES string of the molecule is [2H]Cc1cc(C[2H])c(C=O)c(C[2H])c1. The van der Waals surface area contributed by atoms with Crippen molar-refractivity contribution in [2.24, 2.45) is 0 Å². The summed E-state index contributed by atoms with van der Waals surface area (Å²) in [6.07, 6.45) is 0.696. The Morgan fingerprint density at radius 3 is 2.27 bits per heavy atom. The molecule has 0 amide bonds. The summed E-state index contributed by atoms with van der Waals surface area (Å²) in [6, 6.07) is 3.39. The van der Waals surface area contributed by atoms with Crippen LogP contribution in [-0.2, 0) is 0 Å². The van der Waals surface area contributed by atoms with Crippen molar-refractivity contribution in [3.05, 3.63) is 34.4 Å². The molecule has 0 saturated carbocycles. The van der Waals surface area contributed by atoms with Crippen molar-refractivity contribution in [3.8, 4) is 0 Å². The van der Waals surface area contributed by atoms with Crippen LogP contribution in [0.2, 0.25) is 0 Å². The molecule has 11 heavy (non-hydrogen) atoms. The first-order chi connectivity index (χ1) is 6.76. The molecule has 58 valence electrons. The molecule has 1 aromatic carbocycles. The molecule has 0 saturated heterocycles. The van der Waals surface area contributed by atoms with Gasteiger partial charge in [-0.05, 0) is 31.8 Å². The first-order valence-electron chi connectivity index (χ1n) is 5.36. The zero-order valence-corrected chi connectivity index (χ0v) is 6.26. The molecule has 0 atom stereocenters. The fraction of sp³-hybridized carbons (Fsp3) is 0.300. The summed E-state index contributed by atoms with van der Waals surface area (Å²) >= 11 is 0. The lowest BCUT2D eigenvalue weighted by Crippen LogP contribution is -1.91. The van der Waals surface area contributed by atoms with Crippen LogP contribution in [0.4, 0.5) is 0 Å². The molecule has 0 aliphatic heterocycles. The van der Waals surface area contributed by atoms with Crippen molar-refractivity contribution in [2.45, 2.75) is 20.7 Å². The van der Waals surface area contributed by atoms with Gasteiger partial charge in [-0.25, -0.2) is 0 Å². The van der Waals surface area contributed by atoms with Gasteiger partial charge in [-0.1, -0.05) is 17.7 Å². The fourth-order valence-electron chi connectivity index (χ4n) is 1.00. The van der Waals surface area contributed by atoms with Gasteiger partial charge < -0.3 is 0 Å². The van der Waals surface area contributed by atoms with Crippen LogP contribution in [0.1, 0.15) is 31.2 Å².